The van der Waals surface area contributed by atoms with Gasteiger partial charge < -0.3 is 5.73 Å². The van der Waals surface area contributed by atoms with Gasteiger partial charge in [-0.05, 0) is 0 Å². The van der Waals surface area contributed by atoms with Crippen LogP contribution in [0.3, 0.4) is 0 Å². The molecule has 0 amide bonds. The van der Waals surface area contributed by atoms with Crippen molar-refractivity contribution in [3.63, 3.8) is 0 Å². The summed E-state index contributed by atoms with van der Waals surface area (Å²) in [5.41, 5.74) is 5.44. The van der Waals surface area contributed by atoms with Gasteiger partial charge in [-0.1, -0.05) is 0 Å². The van der Waals surface area contributed by atoms with Crippen molar-refractivity contribution in [1.29, 1.82) is 0 Å². The highest BCUT2D eigenvalue weighted by Gasteiger charge is 1.99. The normalized spacial score (nSPS) is 10.9. The Morgan fingerprint density at radius 3 is 3.40 bits per heavy atom. The van der Waals surface area contributed by atoms with Gasteiger partial charge in [0.1, 0.15) is 10.7 Å². The van der Waals surface area contributed by atoms with Crippen molar-refractivity contribution in [2.24, 2.45) is 5.73 Å². The van der Waals surface area contributed by atoms with E-state index < -0.39 is 0 Å². The molecule has 0 saturated heterocycles. The van der Waals surface area contributed by atoms with Crippen molar-refractivity contribution < 1.29 is 0 Å². The van der Waals surface area contributed by atoms with E-state index in [4.69, 9.17) is 5.73 Å². The molecule has 10 heavy (non-hydrogen) atoms. The average Bonchev–Trinajstić information content (AvgIpc) is 2.44. The molecule has 0 atom stereocenters. The topological polar surface area (TPSA) is 43.3 Å². The van der Waals surface area contributed by atoms with Gasteiger partial charge in [0.05, 0.1) is 12.7 Å². The van der Waals surface area contributed by atoms with Crippen molar-refractivity contribution in [1.82, 2.24) is 9.38 Å². The second-order valence-electron chi connectivity index (χ2n) is 1.99. The van der Waals surface area contributed by atoms with Gasteiger partial charge in [0.25, 0.3) is 0 Å². The molecule has 2 N–H and O–H groups in total. The van der Waals surface area contributed by atoms with E-state index in [1.165, 1.54) is 0 Å². The molecule has 2 heterocycles. The van der Waals surface area contributed by atoms with E-state index in [1.807, 2.05) is 22.2 Å². The summed E-state index contributed by atoms with van der Waals surface area (Å²) < 4.78 is 2.00. The van der Waals surface area contributed by atoms with E-state index in [0.29, 0.717) is 6.54 Å². The number of fused-ring (bicyclic) bond motifs is 1. The zero-order chi connectivity index (χ0) is 6.97. The lowest BCUT2D eigenvalue weighted by atomic mass is 10.6. The molecular formula is C6H7N3S. The largest absolute Gasteiger partial charge is 0.324 e. The minimum absolute atomic E-state index is 0.505. The van der Waals surface area contributed by atoms with Gasteiger partial charge in [-0.3, -0.25) is 4.40 Å². The number of rotatable bonds is 1. The zero-order valence-corrected chi connectivity index (χ0v) is 6.14. The number of nitrogens with zero attached hydrogens (tertiary/aromatic N) is 2. The SMILES string of the molecule is NCc1ncc2sccn12. The van der Waals surface area contributed by atoms with E-state index in [-0.39, 0.29) is 0 Å². The van der Waals surface area contributed by atoms with Crippen LogP contribution in [0, 0.1) is 0 Å². The van der Waals surface area contributed by atoms with Crippen LogP contribution in [-0.4, -0.2) is 9.38 Å². The van der Waals surface area contributed by atoms with E-state index in [1.54, 1.807) is 11.3 Å². The molecule has 0 saturated carbocycles. The van der Waals surface area contributed by atoms with E-state index in [9.17, 15) is 0 Å². The number of hydrogen-bond donors (Lipinski definition) is 1. The Hall–Kier alpha value is -0.870. The van der Waals surface area contributed by atoms with Crippen molar-refractivity contribution in [2.75, 3.05) is 0 Å². The van der Waals surface area contributed by atoms with Gasteiger partial charge in [-0.15, -0.1) is 11.3 Å². The summed E-state index contributed by atoms with van der Waals surface area (Å²) in [5.74, 6) is 0.927. The number of imidazole rings is 1. The summed E-state index contributed by atoms with van der Waals surface area (Å²) in [7, 11) is 0. The summed E-state index contributed by atoms with van der Waals surface area (Å²) in [5, 5.41) is 2.02. The van der Waals surface area contributed by atoms with Gasteiger partial charge in [-0.2, -0.15) is 0 Å². The molecule has 0 spiro atoms. The summed E-state index contributed by atoms with van der Waals surface area (Å²) in [6.07, 6.45) is 3.82. The van der Waals surface area contributed by atoms with Crippen LogP contribution < -0.4 is 5.73 Å². The lowest BCUT2D eigenvalue weighted by Gasteiger charge is -1.88. The lowest BCUT2D eigenvalue weighted by Crippen LogP contribution is -2.00. The van der Waals surface area contributed by atoms with Crippen LogP contribution in [0.15, 0.2) is 17.8 Å². The number of aromatic nitrogens is 2. The van der Waals surface area contributed by atoms with E-state index in [0.717, 1.165) is 10.7 Å². The third kappa shape index (κ3) is 0.661. The Labute approximate surface area is 62.1 Å². The van der Waals surface area contributed by atoms with Crippen LogP contribution in [0.5, 0.6) is 0 Å². The first-order chi connectivity index (χ1) is 4.92. The monoisotopic (exact) mass is 153 g/mol. The highest BCUT2D eigenvalue weighted by molar-refractivity contribution is 7.15. The van der Waals surface area contributed by atoms with Crippen molar-refractivity contribution in [2.45, 2.75) is 6.54 Å². The van der Waals surface area contributed by atoms with Crippen LogP contribution in [0.25, 0.3) is 4.83 Å². The molecule has 0 aromatic carbocycles. The predicted molar refractivity (Wildman–Crippen MR) is 41.0 cm³/mol. The first kappa shape index (κ1) is 5.88. The van der Waals surface area contributed by atoms with E-state index >= 15 is 0 Å². The second-order valence-corrected chi connectivity index (χ2v) is 2.92. The molecule has 0 radical (unpaired) electrons. The Morgan fingerprint density at radius 1 is 1.70 bits per heavy atom. The molecule has 0 aliphatic rings. The standard InChI is InChI=1S/C6H7N3S/c7-3-5-8-4-6-9(5)1-2-10-6/h1-2,4H,3,7H2. The van der Waals surface area contributed by atoms with Crippen molar-refractivity contribution >= 4 is 16.2 Å². The lowest BCUT2D eigenvalue weighted by molar-refractivity contribution is 0.908. The van der Waals surface area contributed by atoms with E-state index in [2.05, 4.69) is 4.98 Å². The first-order valence-electron chi connectivity index (χ1n) is 3.01. The molecule has 0 fully saturated rings. The van der Waals surface area contributed by atoms with Crippen LogP contribution in [0.2, 0.25) is 0 Å². The average molecular weight is 153 g/mol. The highest BCUT2D eigenvalue weighted by atomic mass is 32.1. The summed E-state index contributed by atoms with van der Waals surface area (Å²) in [6, 6.07) is 0. The van der Waals surface area contributed by atoms with Gasteiger partial charge in [0.2, 0.25) is 0 Å². The predicted octanol–water partition coefficient (Wildman–Crippen LogP) is 0.854. The minimum Gasteiger partial charge on any atom is -0.324 e. The van der Waals surface area contributed by atoms with Gasteiger partial charge in [0.15, 0.2) is 0 Å². The van der Waals surface area contributed by atoms with Crippen LogP contribution in [-0.2, 0) is 6.54 Å². The Kier molecular flexibility index (Phi) is 1.22. The van der Waals surface area contributed by atoms with Crippen LogP contribution >= 0.6 is 11.3 Å². The van der Waals surface area contributed by atoms with Crippen LogP contribution in [0.1, 0.15) is 5.82 Å². The molecule has 3 nitrogen and oxygen atoms in total. The molecular weight excluding hydrogens is 146 g/mol. The third-order valence-electron chi connectivity index (χ3n) is 1.42. The fraction of sp³-hybridized carbons (Fsp3) is 0.167. The quantitative estimate of drug-likeness (QED) is 0.660. The smallest absolute Gasteiger partial charge is 0.127 e. The van der Waals surface area contributed by atoms with Crippen molar-refractivity contribution in [3.05, 3.63) is 23.6 Å². The molecule has 0 aliphatic heterocycles. The first-order valence-corrected chi connectivity index (χ1v) is 3.89. The molecule has 4 heteroatoms. The molecule has 0 aliphatic carbocycles. The summed E-state index contributed by atoms with van der Waals surface area (Å²) in [4.78, 5) is 5.28. The Balaban J connectivity index is 2.76. The molecule has 2 rings (SSSR count). The zero-order valence-electron chi connectivity index (χ0n) is 5.32. The van der Waals surface area contributed by atoms with Gasteiger partial charge in [0, 0.05) is 11.6 Å². The number of thiazole rings is 1. The highest BCUT2D eigenvalue weighted by Crippen LogP contribution is 2.12. The molecule has 2 aromatic heterocycles. The van der Waals surface area contributed by atoms with Crippen LogP contribution in [0.4, 0.5) is 0 Å². The summed E-state index contributed by atoms with van der Waals surface area (Å²) in [6.45, 7) is 0.505. The minimum atomic E-state index is 0.505. The maximum absolute atomic E-state index is 5.44. The maximum Gasteiger partial charge on any atom is 0.127 e. The number of hydrogen-bond acceptors (Lipinski definition) is 3. The Bertz CT molecular complexity index is 335. The second kappa shape index (κ2) is 2.07. The molecule has 52 valence electrons. The fourth-order valence-electron chi connectivity index (χ4n) is 0.940. The van der Waals surface area contributed by atoms with Gasteiger partial charge in [-0.25, -0.2) is 4.98 Å². The van der Waals surface area contributed by atoms with Gasteiger partial charge >= 0.3 is 0 Å². The molecule has 0 unspecified atom stereocenters. The fourth-order valence-corrected chi connectivity index (χ4v) is 1.66. The summed E-state index contributed by atoms with van der Waals surface area (Å²) >= 11 is 1.67. The molecule has 0 bridgehead atoms. The maximum atomic E-state index is 5.44. The Morgan fingerprint density at radius 2 is 2.60 bits per heavy atom. The third-order valence-corrected chi connectivity index (χ3v) is 2.22. The number of nitrogens with two attached hydrogens (primary N) is 1. The molecule has 2 aromatic rings. The van der Waals surface area contributed by atoms with Crippen molar-refractivity contribution in [3.8, 4) is 0 Å².